The molecule has 0 spiro atoms. The summed E-state index contributed by atoms with van der Waals surface area (Å²) in [5.41, 5.74) is 1.66. The Kier molecular flexibility index (Phi) is 5.29. The molecular weight excluding hydrogens is 392 g/mol. The molecule has 0 saturated carbocycles. The van der Waals surface area contributed by atoms with E-state index in [-0.39, 0.29) is 17.7 Å². The molecule has 1 atom stereocenters. The van der Waals surface area contributed by atoms with Crippen LogP contribution in [-0.4, -0.2) is 6.54 Å². The first-order chi connectivity index (χ1) is 9.51. The summed E-state index contributed by atoms with van der Waals surface area (Å²) in [6, 6.07) is 9.37. The molecule has 0 bridgehead atoms. The number of benzene rings is 2. The maximum atomic E-state index is 13.6. The van der Waals surface area contributed by atoms with Gasteiger partial charge in [-0.25, -0.2) is 8.78 Å². The number of halogens is 4. The summed E-state index contributed by atoms with van der Waals surface area (Å²) in [5, 5.41) is 3.29. The van der Waals surface area contributed by atoms with E-state index < -0.39 is 0 Å². The Morgan fingerprint density at radius 1 is 1.05 bits per heavy atom. The average Bonchev–Trinajstić information content (AvgIpc) is 2.38. The summed E-state index contributed by atoms with van der Waals surface area (Å²) in [6.45, 7) is 2.69. The first kappa shape index (κ1) is 15.6. The van der Waals surface area contributed by atoms with Crippen molar-refractivity contribution in [3.05, 3.63) is 68.1 Å². The fraction of sp³-hybridized carbons (Fsp3) is 0.200. The Hall–Kier alpha value is -0.780. The van der Waals surface area contributed by atoms with E-state index in [0.29, 0.717) is 15.5 Å². The zero-order chi connectivity index (χ0) is 14.7. The van der Waals surface area contributed by atoms with Crippen LogP contribution in [0.25, 0.3) is 0 Å². The number of hydrogen-bond donors (Lipinski definition) is 1. The molecule has 0 fully saturated rings. The third kappa shape index (κ3) is 3.65. The fourth-order valence-corrected chi connectivity index (χ4v) is 2.95. The van der Waals surface area contributed by atoms with Crippen molar-refractivity contribution < 1.29 is 8.78 Å². The molecule has 2 aromatic carbocycles. The highest BCUT2D eigenvalue weighted by Crippen LogP contribution is 2.28. The van der Waals surface area contributed by atoms with Crippen LogP contribution in [0, 0.1) is 11.6 Å². The van der Waals surface area contributed by atoms with Crippen LogP contribution in [0.4, 0.5) is 8.78 Å². The lowest BCUT2D eigenvalue weighted by Crippen LogP contribution is -2.22. The zero-order valence-corrected chi connectivity index (χ0v) is 13.9. The highest BCUT2D eigenvalue weighted by atomic mass is 79.9. The first-order valence-corrected chi connectivity index (χ1v) is 7.74. The second-order valence-electron chi connectivity index (χ2n) is 4.37. The van der Waals surface area contributed by atoms with Crippen molar-refractivity contribution in [2.45, 2.75) is 13.0 Å². The van der Waals surface area contributed by atoms with Crippen molar-refractivity contribution >= 4 is 31.9 Å². The molecule has 0 radical (unpaired) electrons. The van der Waals surface area contributed by atoms with E-state index >= 15 is 0 Å². The monoisotopic (exact) mass is 403 g/mol. The van der Waals surface area contributed by atoms with Gasteiger partial charge in [-0.05, 0) is 63.9 Å². The molecule has 0 aliphatic rings. The Morgan fingerprint density at radius 2 is 1.80 bits per heavy atom. The molecule has 2 aromatic rings. The van der Waals surface area contributed by atoms with E-state index in [9.17, 15) is 8.78 Å². The van der Waals surface area contributed by atoms with Gasteiger partial charge in [-0.15, -0.1) is 0 Å². The van der Waals surface area contributed by atoms with Crippen molar-refractivity contribution in [1.82, 2.24) is 5.32 Å². The van der Waals surface area contributed by atoms with Crippen molar-refractivity contribution in [3.63, 3.8) is 0 Å². The molecule has 0 aliphatic carbocycles. The van der Waals surface area contributed by atoms with Crippen LogP contribution in [0.15, 0.2) is 45.3 Å². The van der Waals surface area contributed by atoms with Crippen LogP contribution in [0.2, 0.25) is 0 Å². The second kappa shape index (κ2) is 6.78. The summed E-state index contributed by atoms with van der Waals surface area (Å²) in [5.74, 6) is -0.622. The zero-order valence-electron chi connectivity index (χ0n) is 10.8. The Balaban J connectivity index is 2.46. The van der Waals surface area contributed by atoms with Gasteiger partial charge in [0.25, 0.3) is 0 Å². The maximum Gasteiger partial charge on any atom is 0.137 e. The normalized spacial score (nSPS) is 12.4. The van der Waals surface area contributed by atoms with Gasteiger partial charge in [0.15, 0.2) is 0 Å². The number of rotatable bonds is 4. The van der Waals surface area contributed by atoms with Gasteiger partial charge in [0.05, 0.1) is 10.5 Å². The lowest BCUT2D eigenvalue weighted by Gasteiger charge is -2.20. The molecule has 0 saturated heterocycles. The van der Waals surface area contributed by atoms with E-state index in [1.165, 1.54) is 18.2 Å². The number of nitrogens with one attached hydrogen (secondary N) is 1. The van der Waals surface area contributed by atoms with Crippen LogP contribution in [0.3, 0.4) is 0 Å². The third-order valence-corrected chi connectivity index (χ3v) is 3.97. The van der Waals surface area contributed by atoms with Crippen LogP contribution in [0.1, 0.15) is 24.1 Å². The second-order valence-corrected chi connectivity index (χ2v) is 6.14. The minimum atomic E-state index is -0.315. The first-order valence-electron chi connectivity index (χ1n) is 6.15. The van der Waals surface area contributed by atoms with Gasteiger partial charge in [-0.3, -0.25) is 0 Å². The summed E-state index contributed by atoms with van der Waals surface area (Å²) < 4.78 is 28.0. The smallest absolute Gasteiger partial charge is 0.137 e. The van der Waals surface area contributed by atoms with Crippen LogP contribution in [-0.2, 0) is 0 Å². The Bertz CT molecular complexity index is 597. The quantitative estimate of drug-likeness (QED) is 0.739. The molecule has 0 aliphatic heterocycles. The third-order valence-electron chi connectivity index (χ3n) is 2.90. The van der Waals surface area contributed by atoms with Crippen molar-refractivity contribution in [1.29, 1.82) is 0 Å². The maximum absolute atomic E-state index is 13.6. The predicted molar refractivity (Wildman–Crippen MR) is 83.7 cm³/mol. The molecule has 0 heterocycles. The molecule has 1 unspecified atom stereocenters. The SMILES string of the molecule is CCNC(c1cc(F)cc(Br)c1)c1ccc(F)c(Br)c1. The molecule has 20 heavy (non-hydrogen) atoms. The number of hydrogen-bond acceptors (Lipinski definition) is 1. The Morgan fingerprint density at radius 3 is 2.40 bits per heavy atom. The van der Waals surface area contributed by atoms with E-state index in [2.05, 4.69) is 37.2 Å². The average molecular weight is 405 g/mol. The summed E-state index contributed by atoms with van der Waals surface area (Å²) in [6.07, 6.45) is 0. The van der Waals surface area contributed by atoms with E-state index in [1.807, 2.05) is 13.0 Å². The van der Waals surface area contributed by atoms with Crippen molar-refractivity contribution in [2.24, 2.45) is 0 Å². The van der Waals surface area contributed by atoms with Gasteiger partial charge in [0.1, 0.15) is 11.6 Å². The van der Waals surface area contributed by atoms with Gasteiger partial charge in [-0.2, -0.15) is 0 Å². The summed E-state index contributed by atoms with van der Waals surface area (Å²) >= 11 is 6.47. The summed E-state index contributed by atoms with van der Waals surface area (Å²) in [4.78, 5) is 0. The lowest BCUT2D eigenvalue weighted by atomic mass is 9.98. The van der Waals surface area contributed by atoms with Crippen LogP contribution >= 0.6 is 31.9 Å². The van der Waals surface area contributed by atoms with Crippen molar-refractivity contribution in [2.75, 3.05) is 6.54 Å². The molecule has 0 amide bonds. The van der Waals surface area contributed by atoms with Crippen LogP contribution in [0.5, 0.6) is 0 Å². The standard InChI is InChI=1S/C15H13Br2F2N/c1-2-20-15(9-3-4-14(19)13(17)7-9)10-5-11(16)8-12(18)6-10/h3-8,15,20H,2H2,1H3. The van der Waals surface area contributed by atoms with Crippen LogP contribution < -0.4 is 5.32 Å². The van der Waals surface area contributed by atoms with E-state index in [0.717, 1.165) is 11.1 Å². The highest BCUT2D eigenvalue weighted by Gasteiger charge is 2.16. The minimum Gasteiger partial charge on any atom is -0.307 e. The molecule has 5 heteroatoms. The fourth-order valence-electron chi connectivity index (χ4n) is 2.07. The van der Waals surface area contributed by atoms with Crippen molar-refractivity contribution in [3.8, 4) is 0 Å². The molecule has 2 rings (SSSR count). The molecule has 1 nitrogen and oxygen atoms in total. The Labute approximate surface area is 133 Å². The van der Waals surface area contributed by atoms with Gasteiger partial charge >= 0.3 is 0 Å². The molecule has 0 aromatic heterocycles. The van der Waals surface area contributed by atoms with Gasteiger partial charge < -0.3 is 5.32 Å². The molecular formula is C15H13Br2F2N. The predicted octanol–water partition coefficient (Wildman–Crippen LogP) is 5.19. The van der Waals surface area contributed by atoms with E-state index in [4.69, 9.17) is 0 Å². The topological polar surface area (TPSA) is 12.0 Å². The minimum absolute atomic E-state index is 0.191. The van der Waals surface area contributed by atoms with Gasteiger partial charge in [0.2, 0.25) is 0 Å². The highest BCUT2D eigenvalue weighted by molar-refractivity contribution is 9.10. The molecule has 106 valence electrons. The largest absolute Gasteiger partial charge is 0.307 e. The molecule has 1 N–H and O–H groups in total. The summed E-state index contributed by atoms with van der Waals surface area (Å²) in [7, 11) is 0. The van der Waals surface area contributed by atoms with E-state index in [1.54, 1.807) is 12.1 Å². The lowest BCUT2D eigenvalue weighted by molar-refractivity contribution is 0.596. The van der Waals surface area contributed by atoms with Gasteiger partial charge in [-0.1, -0.05) is 28.9 Å². The van der Waals surface area contributed by atoms with Gasteiger partial charge in [0, 0.05) is 4.47 Å².